The third-order valence-electron chi connectivity index (χ3n) is 7.65. The zero-order chi connectivity index (χ0) is 27.9. The van der Waals surface area contributed by atoms with Crippen LogP contribution in [0.2, 0.25) is 0 Å². The van der Waals surface area contributed by atoms with E-state index >= 15 is 0 Å². The molecule has 0 bridgehead atoms. The van der Waals surface area contributed by atoms with Crippen LogP contribution in [-0.4, -0.2) is 65.1 Å². The van der Waals surface area contributed by atoms with Crippen molar-refractivity contribution < 1.29 is 23.8 Å². The average molecular weight is 543 g/mol. The number of carbonyl (C=O) groups excluding carboxylic acids is 2. The van der Waals surface area contributed by atoms with E-state index in [0.29, 0.717) is 38.2 Å². The topological polar surface area (TPSA) is 70.1 Å². The number of phenolic OH excluding ortho intramolecular Hbond substituents is 1. The smallest absolute Gasteiger partial charge is 0.253 e. The SMILES string of the molecule is O=C(/C=C/c1cccc(O)c1)N1CCC(OC2CCN(C(=O)c3cccc(Cc4ccc(F)cc4)c3)CC2)CC1. The van der Waals surface area contributed by atoms with Gasteiger partial charge in [0.05, 0.1) is 12.2 Å². The second-order valence-electron chi connectivity index (χ2n) is 10.6. The molecule has 0 aliphatic carbocycles. The number of hydrogen-bond donors (Lipinski definition) is 1. The lowest BCUT2D eigenvalue weighted by Gasteiger charge is -2.37. The molecule has 2 aliphatic heterocycles. The minimum Gasteiger partial charge on any atom is -0.508 e. The predicted octanol–water partition coefficient (Wildman–Crippen LogP) is 5.45. The first kappa shape index (κ1) is 27.6. The molecule has 40 heavy (non-hydrogen) atoms. The number of halogens is 1. The standard InChI is InChI=1S/C33H35FN2O4/c34-28-10-7-25(8-11-28)21-26-4-1-5-27(22-26)33(39)36-19-15-31(16-20-36)40-30-13-17-35(18-14-30)32(38)12-9-24-3-2-6-29(37)23-24/h1-12,22-23,30-31,37H,13-21H2/b12-9+. The van der Waals surface area contributed by atoms with E-state index in [4.69, 9.17) is 4.74 Å². The summed E-state index contributed by atoms with van der Waals surface area (Å²) >= 11 is 0. The monoisotopic (exact) mass is 542 g/mol. The molecular formula is C33H35FN2O4. The Labute approximate surface area is 234 Å². The minimum atomic E-state index is -0.254. The second kappa shape index (κ2) is 12.9. The van der Waals surface area contributed by atoms with Crippen molar-refractivity contribution >= 4 is 17.9 Å². The summed E-state index contributed by atoms with van der Waals surface area (Å²) in [5.74, 6) is -0.0773. The van der Waals surface area contributed by atoms with Gasteiger partial charge in [0.2, 0.25) is 5.91 Å². The normalized spacial score (nSPS) is 16.9. The van der Waals surface area contributed by atoms with Gasteiger partial charge in [0.1, 0.15) is 11.6 Å². The van der Waals surface area contributed by atoms with Gasteiger partial charge in [0.15, 0.2) is 0 Å². The summed E-state index contributed by atoms with van der Waals surface area (Å²) in [5, 5.41) is 9.58. The van der Waals surface area contributed by atoms with E-state index in [1.54, 1.807) is 42.5 Å². The number of rotatable bonds is 7. The molecule has 5 rings (SSSR count). The molecule has 1 N–H and O–H groups in total. The number of phenols is 1. The van der Waals surface area contributed by atoms with Crippen LogP contribution in [-0.2, 0) is 16.0 Å². The van der Waals surface area contributed by atoms with Crippen molar-refractivity contribution in [2.24, 2.45) is 0 Å². The van der Waals surface area contributed by atoms with Gasteiger partial charge in [-0.25, -0.2) is 4.39 Å². The molecule has 2 fully saturated rings. The summed E-state index contributed by atoms with van der Waals surface area (Å²) in [6.07, 6.45) is 7.36. The van der Waals surface area contributed by atoms with E-state index < -0.39 is 0 Å². The fourth-order valence-electron chi connectivity index (χ4n) is 5.42. The van der Waals surface area contributed by atoms with Gasteiger partial charge in [0, 0.05) is 37.8 Å². The van der Waals surface area contributed by atoms with Crippen molar-refractivity contribution in [1.29, 1.82) is 0 Å². The van der Waals surface area contributed by atoms with Gasteiger partial charge in [-0.3, -0.25) is 9.59 Å². The van der Waals surface area contributed by atoms with E-state index in [0.717, 1.165) is 42.4 Å². The Morgan fingerprint density at radius 3 is 2.15 bits per heavy atom. The number of carbonyl (C=O) groups is 2. The van der Waals surface area contributed by atoms with Gasteiger partial charge in [-0.05, 0) is 91.3 Å². The summed E-state index contributed by atoms with van der Waals surface area (Å²) in [6, 6.07) is 20.9. The molecule has 3 aromatic carbocycles. The van der Waals surface area contributed by atoms with Crippen LogP contribution in [0.1, 0.15) is 52.7 Å². The van der Waals surface area contributed by atoms with Gasteiger partial charge in [-0.15, -0.1) is 0 Å². The van der Waals surface area contributed by atoms with Gasteiger partial charge >= 0.3 is 0 Å². The number of likely N-dealkylation sites (tertiary alicyclic amines) is 2. The molecule has 3 aromatic rings. The minimum absolute atomic E-state index is 0.0321. The number of nitrogens with zero attached hydrogens (tertiary/aromatic N) is 2. The number of benzene rings is 3. The highest BCUT2D eigenvalue weighted by atomic mass is 19.1. The zero-order valence-electron chi connectivity index (χ0n) is 22.5. The maximum absolute atomic E-state index is 13.2. The van der Waals surface area contributed by atoms with Crippen molar-refractivity contribution in [2.45, 2.75) is 44.3 Å². The number of ether oxygens (including phenoxy) is 1. The number of aromatic hydroxyl groups is 1. The van der Waals surface area contributed by atoms with E-state index in [2.05, 4.69) is 0 Å². The Kier molecular flexibility index (Phi) is 8.91. The fourth-order valence-corrected chi connectivity index (χ4v) is 5.42. The number of hydrogen-bond acceptors (Lipinski definition) is 4. The zero-order valence-corrected chi connectivity index (χ0v) is 22.5. The van der Waals surface area contributed by atoms with E-state index in [-0.39, 0.29) is 35.6 Å². The predicted molar refractivity (Wildman–Crippen MR) is 152 cm³/mol. The van der Waals surface area contributed by atoms with Crippen LogP contribution < -0.4 is 0 Å². The van der Waals surface area contributed by atoms with Gasteiger partial charge in [-0.2, -0.15) is 0 Å². The Balaban J connectivity index is 1.05. The van der Waals surface area contributed by atoms with E-state index in [1.165, 1.54) is 12.1 Å². The van der Waals surface area contributed by atoms with Crippen molar-refractivity contribution in [3.63, 3.8) is 0 Å². The van der Waals surface area contributed by atoms with Crippen molar-refractivity contribution in [1.82, 2.24) is 9.80 Å². The quantitative estimate of drug-likeness (QED) is 0.403. The van der Waals surface area contributed by atoms with Crippen LogP contribution in [0.4, 0.5) is 4.39 Å². The lowest BCUT2D eigenvalue weighted by Crippen LogP contribution is -2.44. The van der Waals surface area contributed by atoms with Crippen LogP contribution in [0.3, 0.4) is 0 Å². The number of piperidine rings is 2. The summed E-state index contributed by atoms with van der Waals surface area (Å²) in [6.45, 7) is 2.62. The molecule has 2 saturated heterocycles. The molecule has 2 aliphatic rings. The number of amides is 2. The maximum Gasteiger partial charge on any atom is 0.253 e. The first-order chi connectivity index (χ1) is 19.4. The third kappa shape index (κ3) is 7.36. The first-order valence-corrected chi connectivity index (χ1v) is 14.0. The van der Waals surface area contributed by atoms with Crippen LogP contribution in [0.25, 0.3) is 6.08 Å². The highest BCUT2D eigenvalue weighted by Gasteiger charge is 2.28. The highest BCUT2D eigenvalue weighted by molar-refractivity contribution is 5.94. The molecule has 208 valence electrons. The van der Waals surface area contributed by atoms with Crippen molar-refractivity contribution in [3.8, 4) is 5.75 Å². The molecule has 0 saturated carbocycles. The maximum atomic E-state index is 13.2. The highest BCUT2D eigenvalue weighted by Crippen LogP contribution is 2.23. The molecule has 6 nitrogen and oxygen atoms in total. The van der Waals surface area contributed by atoms with Crippen LogP contribution in [0.15, 0.2) is 78.9 Å². The lowest BCUT2D eigenvalue weighted by atomic mass is 10.0. The molecule has 2 heterocycles. The Bertz CT molecular complexity index is 1340. The second-order valence-corrected chi connectivity index (χ2v) is 10.6. The van der Waals surface area contributed by atoms with Crippen LogP contribution in [0, 0.1) is 5.82 Å². The molecule has 2 amide bonds. The van der Waals surface area contributed by atoms with Gasteiger partial charge in [-0.1, -0.05) is 36.4 Å². The molecule has 7 heteroatoms. The van der Waals surface area contributed by atoms with Crippen LogP contribution in [0.5, 0.6) is 5.75 Å². The van der Waals surface area contributed by atoms with Gasteiger partial charge < -0.3 is 19.6 Å². The van der Waals surface area contributed by atoms with Crippen molar-refractivity contribution in [2.75, 3.05) is 26.2 Å². The summed E-state index contributed by atoms with van der Waals surface area (Å²) in [7, 11) is 0. The fraction of sp³-hybridized carbons (Fsp3) is 0.333. The molecule has 0 atom stereocenters. The Hall–Kier alpha value is -3.97. The average Bonchev–Trinajstić information content (AvgIpc) is 2.98. The summed E-state index contributed by atoms with van der Waals surface area (Å²) < 4.78 is 19.6. The summed E-state index contributed by atoms with van der Waals surface area (Å²) in [4.78, 5) is 29.5. The first-order valence-electron chi connectivity index (χ1n) is 14.0. The largest absolute Gasteiger partial charge is 0.508 e. The lowest BCUT2D eigenvalue weighted by molar-refractivity contribution is -0.129. The molecule has 0 spiro atoms. The van der Waals surface area contributed by atoms with Gasteiger partial charge in [0.25, 0.3) is 5.91 Å². The van der Waals surface area contributed by atoms with E-state index in [9.17, 15) is 19.1 Å². The van der Waals surface area contributed by atoms with E-state index in [1.807, 2.05) is 40.1 Å². The molecule has 0 unspecified atom stereocenters. The molecule has 0 radical (unpaired) electrons. The van der Waals surface area contributed by atoms with Crippen molar-refractivity contribution in [3.05, 3.63) is 107 Å². The Morgan fingerprint density at radius 1 is 0.825 bits per heavy atom. The summed E-state index contributed by atoms with van der Waals surface area (Å²) in [5.41, 5.74) is 3.49. The Morgan fingerprint density at radius 2 is 1.48 bits per heavy atom. The molecule has 0 aromatic heterocycles. The molecular weight excluding hydrogens is 507 g/mol. The van der Waals surface area contributed by atoms with Crippen LogP contribution >= 0.6 is 0 Å². The third-order valence-corrected chi connectivity index (χ3v) is 7.65.